The van der Waals surface area contributed by atoms with Gasteiger partial charge in [-0.1, -0.05) is 17.7 Å². The van der Waals surface area contributed by atoms with Crippen molar-refractivity contribution in [3.8, 4) is 0 Å². The van der Waals surface area contributed by atoms with Gasteiger partial charge in [0.05, 0.1) is 0 Å². The Morgan fingerprint density at radius 2 is 2.07 bits per heavy atom. The van der Waals surface area contributed by atoms with Crippen molar-refractivity contribution in [3.05, 3.63) is 34.9 Å². The Morgan fingerprint density at radius 1 is 1.36 bits per heavy atom. The third-order valence-corrected chi connectivity index (χ3v) is 2.54. The first-order valence-corrected chi connectivity index (χ1v) is 5.05. The number of amides is 1. The van der Waals surface area contributed by atoms with Crippen LogP contribution >= 0.6 is 0 Å². The van der Waals surface area contributed by atoms with Crippen LogP contribution < -0.4 is 5.32 Å². The third-order valence-electron chi connectivity index (χ3n) is 2.54. The summed E-state index contributed by atoms with van der Waals surface area (Å²) >= 11 is 0. The molecule has 74 valence electrons. The lowest BCUT2D eigenvalue weighted by molar-refractivity contribution is 0.0950. The summed E-state index contributed by atoms with van der Waals surface area (Å²) in [7, 11) is 0. The van der Waals surface area contributed by atoms with E-state index in [2.05, 4.69) is 5.32 Å². The molecule has 0 aromatic heterocycles. The van der Waals surface area contributed by atoms with Crippen molar-refractivity contribution < 1.29 is 4.79 Å². The van der Waals surface area contributed by atoms with Gasteiger partial charge in [0.2, 0.25) is 0 Å². The van der Waals surface area contributed by atoms with E-state index in [9.17, 15) is 4.79 Å². The average molecular weight is 189 g/mol. The lowest BCUT2D eigenvalue weighted by Crippen LogP contribution is -2.26. The van der Waals surface area contributed by atoms with Gasteiger partial charge in [-0.05, 0) is 38.3 Å². The van der Waals surface area contributed by atoms with Crippen LogP contribution in [0.1, 0.15) is 34.3 Å². The molecule has 0 atom stereocenters. The number of hydrogen-bond acceptors (Lipinski definition) is 1. The summed E-state index contributed by atoms with van der Waals surface area (Å²) in [5.41, 5.74) is 3.07. The maximum atomic E-state index is 11.7. The molecule has 2 heteroatoms. The molecular formula is C12H15NO. The zero-order valence-corrected chi connectivity index (χ0v) is 8.63. The molecule has 1 fully saturated rings. The van der Waals surface area contributed by atoms with Crippen LogP contribution in [0, 0.1) is 13.8 Å². The van der Waals surface area contributed by atoms with Gasteiger partial charge in [-0.25, -0.2) is 0 Å². The number of nitrogens with one attached hydrogen (secondary N) is 1. The Bertz CT molecular complexity index is 367. The highest BCUT2D eigenvalue weighted by Crippen LogP contribution is 2.20. The molecule has 1 aliphatic carbocycles. The minimum Gasteiger partial charge on any atom is -0.349 e. The van der Waals surface area contributed by atoms with E-state index in [0.29, 0.717) is 6.04 Å². The maximum absolute atomic E-state index is 11.7. The SMILES string of the molecule is Cc1ccc(C(=O)NC2CC2)c(C)c1. The number of benzene rings is 1. The predicted octanol–water partition coefficient (Wildman–Crippen LogP) is 2.20. The molecule has 14 heavy (non-hydrogen) atoms. The van der Waals surface area contributed by atoms with Crippen LogP contribution in [0.5, 0.6) is 0 Å². The molecule has 1 saturated carbocycles. The first-order valence-electron chi connectivity index (χ1n) is 5.05. The van der Waals surface area contributed by atoms with Gasteiger partial charge in [-0.3, -0.25) is 4.79 Å². The van der Waals surface area contributed by atoms with E-state index in [4.69, 9.17) is 0 Å². The Hall–Kier alpha value is -1.31. The standard InChI is InChI=1S/C12H15NO/c1-8-3-6-11(9(2)7-8)12(14)13-10-4-5-10/h3,6-7,10H,4-5H2,1-2H3,(H,13,14). The van der Waals surface area contributed by atoms with Crippen LogP contribution in [0.4, 0.5) is 0 Å². The van der Waals surface area contributed by atoms with E-state index >= 15 is 0 Å². The zero-order chi connectivity index (χ0) is 10.1. The molecule has 1 aliphatic rings. The van der Waals surface area contributed by atoms with Crippen molar-refractivity contribution >= 4 is 5.91 Å². The summed E-state index contributed by atoms with van der Waals surface area (Å²) in [4.78, 5) is 11.7. The molecule has 0 unspecified atom stereocenters. The van der Waals surface area contributed by atoms with E-state index in [-0.39, 0.29) is 5.91 Å². The Labute approximate surface area is 84.3 Å². The van der Waals surface area contributed by atoms with Gasteiger partial charge in [0, 0.05) is 11.6 Å². The first kappa shape index (κ1) is 9.25. The molecule has 1 aromatic carbocycles. The van der Waals surface area contributed by atoms with Gasteiger partial charge in [0.1, 0.15) is 0 Å². The molecular weight excluding hydrogens is 174 g/mol. The maximum Gasteiger partial charge on any atom is 0.251 e. The number of aryl methyl sites for hydroxylation is 2. The van der Waals surface area contributed by atoms with E-state index in [0.717, 1.165) is 24.0 Å². The molecule has 1 aromatic rings. The van der Waals surface area contributed by atoms with Crippen molar-refractivity contribution in [2.24, 2.45) is 0 Å². The highest BCUT2D eigenvalue weighted by Gasteiger charge is 2.24. The fraction of sp³-hybridized carbons (Fsp3) is 0.417. The Kier molecular flexibility index (Phi) is 2.28. The number of carbonyl (C=O) groups excluding carboxylic acids is 1. The number of carbonyl (C=O) groups is 1. The van der Waals surface area contributed by atoms with Crippen LogP contribution in [0.15, 0.2) is 18.2 Å². The lowest BCUT2D eigenvalue weighted by atomic mass is 10.1. The number of rotatable bonds is 2. The largest absolute Gasteiger partial charge is 0.349 e. The molecule has 2 nitrogen and oxygen atoms in total. The summed E-state index contributed by atoms with van der Waals surface area (Å²) in [6.07, 6.45) is 2.27. The van der Waals surface area contributed by atoms with Gasteiger partial charge in [0.25, 0.3) is 5.91 Å². The minimum atomic E-state index is 0.0741. The number of hydrogen-bond donors (Lipinski definition) is 1. The summed E-state index contributed by atoms with van der Waals surface area (Å²) in [5.74, 6) is 0.0741. The predicted molar refractivity (Wildman–Crippen MR) is 56.4 cm³/mol. The van der Waals surface area contributed by atoms with Crippen molar-refractivity contribution in [2.75, 3.05) is 0 Å². The fourth-order valence-electron chi connectivity index (χ4n) is 1.56. The second kappa shape index (κ2) is 3.45. The molecule has 0 aliphatic heterocycles. The van der Waals surface area contributed by atoms with Crippen LogP contribution in [-0.4, -0.2) is 11.9 Å². The van der Waals surface area contributed by atoms with Gasteiger partial charge >= 0.3 is 0 Å². The van der Waals surface area contributed by atoms with E-state index in [1.165, 1.54) is 5.56 Å². The normalized spacial score (nSPS) is 15.3. The zero-order valence-electron chi connectivity index (χ0n) is 8.63. The second-order valence-corrected chi connectivity index (χ2v) is 4.07. The second-order valence-electron chi connectivity index (χ2n) is 4.07. The minimum absolute atomic E-state index is 0.0741. The Morgan fingerprint density at radius 3 is 2.64 bits per heavy atom. The molecule has 1 amide bonds. The highest BCUT2D eigenvalue weighted by atomic mass is 16.1. The molecule has 1 N–H and O–H groups in total. The van der Waals surface area contributed by atoms with Gasteiger partial charge in [-0.15, -0.1) is 0 Å². The van der Waals surface area contributed by atoms with Gasteiger partial charge in [-0.2, -0.15) is 0 Å². The van der Waals surface area contributed by atoms with Crippen molar-refractivity contribution in [3.63, 3.8) is 0 Å². The molecule has 2 rings (SSSR count). The molecule has 0 bridgehead atoms. The summed E-state index contributed by atoms with van der Waals surface area (Å²) in [6, 6.07) is 6.36. The lowest BCUT2D eigenvalue weighted by Gasteiger charge is -2.06. The van der Waals surface area contributed by atoms with Crippen molar-refractivity contribution in [1.82, 2.24) is 5.32 Å². The summed E-state index contributed by atoms with van der Waals surface area (Å²) in [5, 5.41) is 2.99. The molecule has 0 spiro atoms. The molecule has 0 saturated heterocycles. The highest BCUT2D eigenvalue weighted by molar-refractivity contribution is 5.96. The van der Waals surface area contributed by atoms with Gasteiger partial charge in [0.15, 0.2) is 0 Å². The fourth-order valence-corrected chi connectivity index (χ4v) is 1.56. The average Bonchev–Trinajstić information content (AvgIpc) is 2.87. The quantitative estimate of drug-likeness (QED) is 0.759. The van der Waals surface area contributed by atoms with Crippen LogP contribution in [0.2, 0.25) is 0 Å². The molecule has 0 radical (unpaired) electrons. The van der Waals surface area contributed by atoms with Crippen molar-refractivity contribution in [2.45, 2.75) is 32.7 Å². The van der Waals surface area contributed by atoms with Crippen LogP contribution in [0.25, 0.3) is 0 Å². The van der Waals surface area contributed by atoms with Gasteiger partial charge < -0.3 is 5.32 Å². The third kappa shape index (κ3) is 1.95. The monoisotopic (exact) mass is 189 g/mol. The Balaban J connectivity index is 2.17. The van der Waals surface area contributed by atoms with E-state index in [1.807, 2.05) is 32.0 Å². The summed E-state index contributed by atoms with van der Waals surface area (Å²) < 4.78 is 0. The first-order chi connectivity index (χ1) is 6.66. The summed E-state index contributed by atoms with van der Waals surface area (Å²) in [6.45, 7) is 4.02. The van der Waals surface area contributed by atoms with Crippen LogP contribution in [0.3, 0.4) is 0 Å². The van der Waals surface area contributed by atoms with E-state index in [1.54, 1.807) is 0 Å². The molecule has 0 heterocycles. The smallest absolute Gasteiger partial charge is 0.251 e. The van der Waals surface area contributed by atoms with Crippen molar-refractivity contribution in [1.29, 1.82) is 0 Å². The van der Waals surface area contributed by atoms with Crippen LogP contribution in [-0.2, 0) is 0 Å². The van der Waals surface area contributed by atoms with E-state index < -0.39 is 0 Å². The topological polar surface area (TPSA) is 29.1 Å².